The van der Waals surface area contributed by atoms with Gasteiger partial charge in [-0.25, -0.2) is 8.78 Å². The van der Waals surface area contributed by atoms with Gasteiger partial charge in [-0.3, -0.25) is 0 Å². The van der Waals surface area contributed by atoms with Gasteiger partial charge in [0.05, 0.1) is 13.2 Å². The van der Waals surface area contributed by atoms with Gasteiger partial charge in [0.1, 0.15) is 0 Å². The highest BCUT2D eigenvalue weighted by Crippen LogP contribution is 2.34. The Morgan fingerprint density at radius 3 is 2.20 bits per heavy atom. The summed E-state index contributed by atoms with van der Waals surface area (Å²) in [5.41, 5.74) is 0.144. The standard InChI is InChI=1S/C15H14F2O3/c1-2-19-13-5-3-4-6-14(13)20-15-11(16)7-10(9-18)8-12(15)17/h3-8,18H,2,9H2,1H3. The van der Waals surface area contributed by atoms with Crippen molar-refractivity contribution in [2.24, 2.45) is 0 Å². The van der Waals surface area contributed by atoms with Crippen LogP contribution in [-0.4, -0.2) is 11.7 Å². The van der Waals surface area contributed by atoms with Crippen LogP contribution in [-0.2, 0) is 6.61 Å². The summed E-state index contributed by atoms with van der Waals surface area (Å²) in [6, 6.07) is 8.68. The van der Waals surface area contributed by atoms with Gasteiger partial charge in [0.25, 0.3) is 0 Å². The minimum absolute atomic E-state index is 0.144. The summed E-state index contributed by atoms with van der Waals surface area (Å²) in [7, 11) is 0. The molecule has 20 heavy (non-hydrogen) atoms. The van der Waals surface area contributed by atoms with Crippen molar-refractivity contribution in [3.63, 3.8) is 0 Å². The summed E-state index contributed by atoms with van der Waals surface area (Å²) >= 11 is 0. The maximum Gasteiger partial charge on any atom is 0.198 e. The third kappa shape index (κ3) is 3.05. The fraction of sp³-hybridized carbons (Fsp3) is 0.200. The van der Waals surface area contributed by atoms with E-state index in [2.05, 4.69) is 0 Å². The van der Waals surface area contributed by atoms with Crippen LogP contribution in [0.4, 0.5) is 8.78 Å². The van der Waals surface area contributed by atoms with E-state index in [1.165, 1.54) is 0 Å². The first-order valence-corrected chi connectivity index (χ1v) is 6.14. The highest BCUT2D eigenvalue weighted by atomic mass is 19.1. The van der Waals surface area contributed by atoms with Gasteiger partial charge in [-0.1, -0.05) is 12.1 Å². The van der Waals surface area contributed by atoms with Crippen molar-refractivity contribution >= 4 is 0 Å². The summed E-state index contributed by atoms with van der Waals surface area (Å²) in [5, 5.41) is 8.89. The monoisotopic (exact) mass is 280 g/mol. The molecule has 0 saturated carbocycles. The fourth-order valence-electron chi connectivity index (χ4n) is 1.72. The second-order valence-corrected chi connectivity index (χ2v) is 4.03. The molecule has 0 aliphatic rings. The maximum absolute atomic E-state index is 13.8. The lowest BCUT2D eigenvalue weighted by molar-refractivity contribution is 0.279. The minimum atomic E-state index is -0.875. The first-order chi connectivity index (χ1) is 9.65. The summed E-state index contributed by atoms with van der Waals surface area (Å²) in [4.78, 5) is 0. The predicted octanol–water partition coefficient (Wildman–Crippen LogP) is 3.65. The SMILES string of the molecule is CCOc1ccccc1Oc1c(F)cc(CO)cc1F. The van der Waals surface area contributed by atoms with Crippen LogP contribution in [0, 0.1) is 11.6 Å². The Morgan fingerprint density at radius 2 is 1.65 bits per heavy atom. The number of ether oxygens (including phenoxy) is 2. The molecule has 3 nitrogen and oxygen atoms in total. The van der Waals surface area contributed by atoms with Crippen LogP contribution in [0.3, 0.4) is 0 Å². The number of halogens is 2. The average Bonchev–Trinajstić information content (AvgIpc) is 2.44. The van der Waals surface area contributed by atoms with E-state index in [0.29, 0.717) is 12.4 Å². The lowest BCUT2D eigenvalue weighted by Gasteiger charge is -2.12. The normalized spacial score (nSPS) is 10.4. The third-order valence-electron chi connectivity index (χ3n) is 2.60. The fourth-order valence-corrected chi connectivity index (χ4v) is 1.72. The second kappa shape index (κ2) is 6.34. The molecule has 0 unspecified atom stereocenters. The molecule has 0 radical (unpaired) electrons. The molecular weight excluding hydrogens is 266 g/mol. The van der Waals surface area contributed by atoms with Crippen LogP contribution < -0.4 is 9.47 Å². The Morgan fingerprint density at radius 1 is 1.05 bits per heavy atom. The molecule has 0 spiro atoms. The van der Waals surface area contributed by atoms with Crippen LogP contribution in [0.2, 0.25) is 0 Å². The zero-order valence-electron chi connectivity index (χ0n) is 10.9. The smallest absolute Gasteiger partial charge is 0.198 e. The highest BCUT2D eigenvalue weighted by Gasteiger charge is 2.15. The van der Waals surface area contributed by atoms with E-state index >= 15 is 0 Å². The van der Waals surface area contributed by atoms with E-state index in [1.54, 1.807) is 31.2 Å². The number of para-hydroxylation sites is 2. The second-order valence-electron chi connectivity index (χ2n) is 4.03. The Balaban J connectivity index is 2.35. The van der Waals surface area contributed by atoms with Crippen molar-refractivity contribution in [2.75, 3.05) is 6.61 Å². The number of hydrogen-bond donors (Lipinski definition) is 1. The first kappa shape index (κ1) is 14.3. The molecule has 0 aliphatic heterocycles. The summed E-state index contributed by atoms with van der Waals surface area (Å²) in [6.45, 7) is 1.77. The lowest BCUT2D eigenvalue weighted by atomic mass is 10.2. The largest absolute Gasteiger partial charge is 0.490 e. The molecular formula is C15H14F2O3. The van der Waals surface area contributed by atoms with Crippen molar-refractivity contribution in [1.82, 2.24) is 0 Å². The first-order valence-electron chi connectivity index (χ1n) is 6.14. The van der Waals surface area contributed by atoms with Crippen LogP contribution in [0.1, 0.15) is 12.5 Å². The van der Waals surface area contributed by atoms with Crippen molar-refractivity contribution in [3.05, 3.63) is 53.6 Å². The minimum Gasteiger partial charge on any atom is -0.490 e. The maximum atomic E-state index is 13.8. The van der Waals surface area contributed by atoms with Gasteiger partial charge in [-0.05, 0) is 36.8 Å². The Bertz CT molecular complexity index is 576. The Kier molecular flexibility index (Phi) is 4.53. The van der Waals surface area contributed by atoms with E-state index in [1.807, 2.05) is 0 Å². The van der Waals surface area contributed by atoms with E-state index in [-0.39, 0.29) is 11.3 Å². The van der Waals surface area contributed by atoms with Crippen molar-refractivity contribution < 1.29 is 23.4 Å². The zero-order chi connectivity index (χ0) is 14.5. The highest BCUT2D eigenvalue weighted by molar-refractivity contribution is 5.43. The molecule has 2 aromatic carbocycles. The molecule has 106 valence electrons. The molecule has 0 aliphatic carbocycles. The number of aliphatic hydroxyl groups is 1. The van der Waals surface area contributed by atoms with Gasteiger partial charge in [-0.2, -0.15) is 0 Å². The molecule has 2 rings (SSSR count). The molecule has 0 heterocycles. The van der Waals surface area contributed by atoms with E-state index in [9.17, 15) is 8.78 Å². The molecule has 0 fully saturated rings. The van der Waals surface area contributed by atoms with E-state index in [4.69, 9.17) is 14.6 Å². The van der Waals surface area contributed by atoms with Crippen LogP contribution in [0.5, 0.6) is 17.2 Å². The molecule has 0 atom stereocenters. The van der Waals surface area contributed by atoms with Crippen LogP contribution >= 0.6 is 0 Å². The average molecular weight is 280 g/mol. The molecule has 0 saturated heterocycles. The quantitative estimate of drug-likeness (QED) is 0.908. The molecule has 0 bridgehead atoms. The molecule has 0 amide bonds. The van der Waals surface area contributed by atoms with Crippen molar-refractivity contribution in [3.8, 4) is 17.2 Å². The lowest BCUT2D eigenvalue weighted by Crippen LogP contribution is -1.98. The van der Waals surface area contributed by atoms with Crippen LogP contribution in [0.25, 0.3) is 0 Å². The third-order valence-corrected chi connectivity index (χ3v) is 2.60. The van der Waals surface area contributed by atoms with Gasteiger partial charge in [0, 0.05) is 0 Å². The number of benzene rings is 2. The van der Waals surface area contributed by atoms with Gasteiger partial charge >= 0.3 is 0 Å². The Labute approximate surface area is 115 Å². The van der Waals surface area contributed by atoms with Crippen molar-refractivity contribution in [1.29, 1.82) is 0 Å². The van der Waals surface area contributed by atoms with E-state index < -0.39 is 24.0 Å². The van der Waals surface area contributed by atoms with Gasteiger partial charge in [-0.15, -0.1) is 0 Å². The number of aliphatic hydroxyl groups excluding tert-OH is 1. The number of rotatable bonds is 5. The molecule has 1 N–H and O–H groups in total. The predicted molar refractivity (Wildman–Crippen MR) is 70.0 cm³/mol. The van der Waals surface area contributed by atoms with Crippen molar-refractivity contribution in [2.45, 2.75) is 13.5 Å². The summed E-state index contributed by atoms with van der Waals surface area (Å²) in [6.07, 6.45) is 0. The molecule has 2 aromatic rings. The van der Waals surface area contributed by atoms with E-state index in [0.717, 1.165) is 12.1 Å². The summed E-state index contributed by atoms with van der Waals surface area (Å²) in [5.74, 6) is -1.64. The van der Waals surface area contributed by atoms with Crippen LogP contribution in [0.15, 0.2) is 36.4 Å². The van der Waals surface area contributed by atoms with Gasteiger partial charge in [0.15, 0.2) is 28.9 Å². The summed E-state index contributed by atoms with van der Waals surface area (Å²) < 4.78 is 38.2. The van der Waals surface area contributed by atoms with Gasteiger partial charge in [0.2, 0.25) is 0 Å². The Hall–Kier alpha value is -2.14. The van der Waals surface area contributed by atoms with Gasteiger partial charge < -0.3 is 14.6 Å². The molecule has 5 heteroatoms. The molecule has 0 aromatic heterocycles. The number of hydrogen-bond acceptors (Lipinski definition) is 3. The topological polar surface area (TPSA) is 38.7 Å². The zero-order valence-corrected chi connectivity index (χ0v) is 10.9.